The summed E-state index contributed by atoms with van der Waals surface area (Å²) in [4.78, 5) is 4.06. The van der Waals surface area contributed by atoms with Gasteiger partial charge in [-0.1, -0.05) is 0 Å². The van der Waals surface area contributed by atoms with Gasteiger partial charge in [-0.15, -0.1) is 10.2 Å². The highest BCUT2D eigenvalue weighted by Crippen LogP contribution is 2.06. The van der Waals surface area contributed by atoms with Gasteiger partial charge in [-0.25, -0.2) is 0 Å². The van der Waals surface area contributed by atoms with Crippen LogP contribution in [-0.4, -0.2) is 19.6 Å². The van der Waals surface area contributed by atoms with Gasteiger partial charge in [-0.05, 0) is 6.92 Å². The van der Waals surface area contributed by atoms with E-state index in [4.69, 9.17) is 5.26 Å². The third-order valence-corrected chi connectivity index (χ3v) is 1.82. The van der Waals surface area contributed by atoms with Crippen LogP contribution >= 0.6 is 0 Å². The molecule has 2 aromatic heterocycles. The molecule has 0 bridgehead atoms. The Morgan fingerprint density at radius 3 is 3.15 bits per heavy atom. The second kappa shape index (κ2) is 2.83. The van der Waals surface area contributed by atoms with Crippen molar-refractivity contribution in [1.29, 1.82) is 5.26 Å². The van der Waals surface area contributed by atoms with Crippen molar-refractivity contribution in [3.05, 3.63) is 23.9 Å². The Bertz CT molecular complexity index is 479. The second-order valence-electron chi connectivity index (χ2n) is 2.65. The number of aromatic nitrogens is 4. The molecule has 0 aliphatic heterocycles. The first-order chi connectivity index (χ1) is 6.33. The largest absolute Gasteiger partial charge is 0.284 e. The number of fused-ring (bicyclic) bond motifs is 1. The predicted molar refractivity (Wildman–Crippen MR) is 44.8 cm³/mol. The zero-order chi connectivity index (χ0) is 9.26. The van der Waals surface area contributed by atoms with E-state index in [1.807, 2.05) is 17.4 Å². The van der Waals surface area contributed by atoms with Crippen molar-refractivity contribution in [2.45, 2.75) is 13.3 Å². The summed E-state index contributed by atoms with van der Waals surface area (Å²) in [5.41, 5.74) is 1.34. The Kier molecular flexibility index (Phi) is 1.67. The normalized spacial score (nSPS) is 10.2. The van der Waals surface area contributed by atoms with Crippen molar-refractivity contribution in [2.24, 2.45) is 0 Å². The minimum absolute atomic E-state index is 0.266. The van der Waals surface area contributed by atoms with Gasteiger partial charge in [0.1, 0.15) is 5.82 Å². The average molecular weight is 173 g/mol. The molecule has 0 aliphatic rings. The number of hydrogen-bond acceptors (Lipinski definition) is 4. The van der Waals surface area contributed by atoms with E-state index in [-0.39, 0.29) is 6.42 Å². The molecule has 64 valence electrons. The highest BCUT2D eigenvalue weighted by atomic mass is 15.2. The van der Waals surface area contributed by atoms with E-state index >= 15 is 0 Å². The lowest BCUT2D eigenvalue weighted by Gasteiger charge is -1.96. The predicted octanol–water partition coefficient (Wildman–Crippen LogP) is 0.499. The maximum absolute atomic E-state index is 8.54. The van der Waals surface area contributed by atoms with Crippen LogP contribution in [0.4, 0.5) is 0 Å². The van der Waals surface area contributed by atoms with Gasteiger partial charge in [0.25, 0.3) is 0 Å². The summed E-state index contributed by atoms with van der Waals surface area (Å²) in [6.07, 6.45) is 3.70. The lowest BCUT2D eigenvalue weighted by Crippen LogP contribution is -1.95. The van der Waals surface area contributed by atoms with E-state index in [1.165, 1.54) is 0 Å². The highest BCUT2D eigenvalue weighted by Gasteiger charge is 2.05. The zero-order valence-corrected chi connectivity index (χ0v) is 7.10. The average Bonchev–Trinajstić information content (AvgIpc) is 2.50. The number of hydrogen-bond donors (Lipinski definition) is 0. The molecule has 0 saturated carbocycles. The van der Waals surface area contributed by atoms with Crippen LogP contribution < -0.4 is 0 Å². The summed E-state index contributed by atoms with van der Waals surface area (Å²) >= 11 is 0. The van der Waals surface area contributed by atoms with E-state index in [0.29, 0.717) is 11.3 Å². The van der Waals surface area contributed by atoms with Crippen LogP contribution in [0, 0.1) is 18.3 Å². The standard InChI is InChI=1S/C8H7N5/c1-6-11-12-8-7(2-3-9)10-4-5-13(6)8/h4-5H,2H2,1H3. The topological polar surface area (TPSA) is 66.9 Å². The van der Waals surface area contributed by atoms with Gasteiger partial charge in [-0.3, -0.25) is 9.38 Å². The molecule has 0 aliphatic carbocycles. The van der Waals surface area contributed by atoms with Crippen molar-refractivity contribution in [1.82, 2.24) is 19.6 Å². The molecule has 0 N–H and O–H groups in total. The molecule has 0 amide bonds. The van der Waals surface area contributed by atoms with Crippen molar-refractivity contribution in [3.63, 3.8) is 0 Å². The van der Waals surface area contributed by atoms with E-state index < -0.39 is 0 Å². The molecule has 13 heavy (non-hydrogen) atoms. The van der Waals surface area contributed by atoms with Crippen LogP contribution in [0.3, 0.4) is 0 Å². The van der Waals surface area contributed by atoms with Crippen LogP contribution in [0.25, 0.3) is 5.65 Å². The summed E-state index contributed by atoms with van der Waals surface area (Å²) in [5.74, 6) is 0.802. The molecule has 0 radical (unpaired) electrons. The van der Waals surface area contributed by atoms with Crippen LogP contribution in [-0.2, 0) is 6.42 Å². The van der Waals surface area contributed by atoms with Crippen molar-refractivity contribution in [2.75, 3.05) is 0 Å². The van der Waals surface area contributed by atoms with E-state index in [1.54, 1.807) is 12.4 Å². The molecule has 2 heterocycles. The second-order valence-corrected chi connectivity index (χ2v) is 2.65. The minimum Gasteiger partial charge on any atom is -0.284 e. The smallest absolute Gasteiger partial charge is 0.183 e. The zero-order valence-electron chi connectivity index (χ0n) is 7.10. The molecule has 5 heteroatoms. The lowest BCUT2D eigenvalue weighted by molar-refractivity contribution is 0.992. The minimum atomic E-state index is 0.266. The van der Waals surface area contributed by atoms with Gasteiger partial charge < -0.3 is 0 Å². The number of nitriles is 1. The summed E-state index contributed by atoms with van der Waals surface area (Å²) in [6.45, 7) is 1.86. The molecular weight excluding hydrogens is 166 g/mol. The summed E-state index contributed by atoms with van der Waals surface area (Å²) in [6, 6.07) is 2.04. The first-order valence-electron chi connectivity index (χ1n) is 3.85. The fourth-order valence-electron chi connectivity index (χ4n) is 1.19. The van der Waals surface area contributed by atoms with Crippen LogP contribution in [0.5, 0.6) is 0 Å². The van der Waals surface area contributed by atoms with Crippen LogP contribution in [0.2, 0.25) is 0 Å². The molecular formula is C8H7N5. The van der Waals surface area contributed by atoms with Gasteiger partial charge >= 0.3 is 0 Å². The SMILES string of the molecule is Cc1nnc2c(CC#N)nccn12. The van der Waals surface area contributed by atoms with Crippen LogP contribution in [0.15, 0.2) is 12.4 Å². The highest BCUT2D eigenvalue weighted by molar-refractivity contribution is 5.44. The van der Waals surface area contributed by atoms with Gasteiger partial charge in [0.15, 0.2) is 5.65 Å². The number of nitrogens with zero attached hydrogens (tertiary/aromatic N) is 5. The molecule has 2 aromatic rings. The number of aryl methyl sites for hydroxylation is 1. The third kappa shape index (κ3) is 1.12. The molecule has 0 spiro atoms. The van der Waals surface area contributed by atoms with Gasteiger partial charge in [0, 0.05) is 12.4 Å². The molecule has 0 saturated heterocycles. The summed E-state index contributed by atoms with van der Waals surface area (Å²) in [5, 5.41) is 16.4. The quantitative estimate of drug-likeness (QED) is 0.629. The number of rotatable bonds is 1. The van der Waals surface area contributed by atoms with Gasteiger partial charge in [0.2, 0.25) is 0 Å². The van der Waals surface area contributed by atoms with Gasteiger partial charge in [-0.2, -0.15) is 5.26 Å². The third-order valence-electron chi connectivity index (χ3n) is 1.82. The van der Waals surface area contributed by atoms with Crippen molar-refractivity contribution < 1.29 is 0 Å². The molecule has 0 fully saturated rings. The summed E-state index contributed by atoms with van der Waals surface area (Å²) < 4.78 is 1.82. The van der Waals surface area contributed by atoms with Gasteiger partial charge in [0.05, 0.1) is 18.2 Å². The lowest BCUT2D eigenvalue weighted by atomic mass is 10.3. The molecule has 0 atom stereocenters. The maximum Gasteiger partial charge on any atom is 0.183 e. The Hall–Kier alpha value is -1.96. The molecule has 0 aromatic carbocycles. The molecule has 0 unspecified atom stereocenters. The monoisotopic (exact) mass is 173 g/mol. The van der Waals surface area contributed by atoms with Crippen LogP contribution in [0.1, 0.15) is 11.5 Å². The Morgan fingerprint density at radius 2 is 2.38 bits per heavy atom. The van der Waals surface area contributed by atoms with Crippen molar-refractivity contribution >= 4 is 5.65 Å². The van der Waals surface area contributed by atoms with E-state index in [9.17, 15) is 0 Å². The van der Waals surface area contributed by atoms with E-state index in [0.717, 1.165) is 5.82 Å². The Balaban J connectivity index is 2.71. The fraction of sp³-hybridized carbons (Fsp3) is 0.250. The fourth-order valence-corrected chi connectivity index (χ4v) is 1.19. The van der Waals surface area contributed by atoms with Crippen molar-refractivity contribution in [3.8, 4) is 6.07 Å². The molecule has 2 rings (SSSR count). The maximum atomic E-state index is 8.54. The Morgan fingerprint density at radius 1 is 1.54 bits per heavy atom. The molecule has 5 nitrogen and oxygen atoms in total. The first-order valence-corrected chi connectivity index (χ1v) is 3.85. The van der Waals surface area contributed by atoms with E-state index in [2.05, 4.69) is 15.2 Å². The summed E-state index contributed by atoms with van der Waals surface area (Å²) in [7, 11) is 0. The Labute approximate surface area is 74.7 Å². The first kappa shape index (κ1) is 7.68.